The summed E-state index contributed by atoms with van der Waals surface area (Å²) in [6, 6.07) is 8.40. The normalized spacial score (nSPS) is 12.7. The molecule has 100 valence electrons. The van der Waals surface area contributed by atoms with Crippen molar-refractivity contribution in [1.82, 2.24) is 0 Å². The molecule has 18 heavy (non-hydrogen) atoms. The molecule has 4 heteroatoms. The van der Waals surface area contributed by atoms with Gasteiger partial charge in [0, 0.05) is 10.3 Å². The van der Waals surface area contributed by atoms with E-state index in [1.54, 1.807) is 0 Å². The Labute approximate surface area is 113 Å². The van der Waals surface area contributed by atoms with E-state index < -0.39 is 0 Å². The first-order chi connectivity index (χ1) is 8.47. The monoisotopic (exact) mass is 266 g/mol. The molecule has 0 bridgehead atoms. The van der Waals surface area contributed by atoms with Crippen molar-refractivity contribution in [3.05, 3.63) is 29.8 Å². The summed E-state index contributed by atoms with van der Waals surface area (Å²) in [5.41, 5.74) is 6.74. The molecule has 0 saturated carbocycles. The number of hydrogen-bond donors (Lipinski definition) is 2. The number of nitrogens with zero attached hydrogens (tertiary/aromatic N) is 1. The van der Waals surface area contributed by atoms with Crippen LogP contribution in [0.4, 0.5) is 0 Å². The predicted molar refractivity (Wildman–Crippen MR) is 78.3 cm³/mol. The Kier molecular flexibility index (Phi) is 5.54. The number of nitrogens with two attached hydrogens (primary N) is 1. The molecule has 0 aliphatic carbocycles. The lowest BCUT2D eigenvalue weighted by molar-refractivity contribution is 0.305. The maximum atomic E-state index is 8.70. The Bertz CT molecular complexity index is 416. The van der Waals surface area contributed by atoms with Gasteiger partial charge in [-0.2, -0.15) is 0 Å². The Morgan fingerprint density at radius 2 is 2.06 bits per heavy atom. The summed E-state index contributed by atoms with van der Waals surface area (Å²) in [4.78, 5) is 1.33. The fraction of sp³-hybridized carbons (Fsp3) is 0.500. The molecule has 0 fully saturated rings. The van der Waals surface area contributed by atoms with Gasteiger partial charge in [-0.15, -0.1) is 11.8 Å². The second-order valence-electron chi connectivity index (χ2n) is 5.09. The molecule has 0 unspecified atom stereocenters. The smallest absolute Gasteiger partial charge is 0.144 e. The lowest BCUT2D eigenvalue weighted by atomic mass is 9.87. The van der Waals surface area contributed by atoms with E-state index in [9.17, 15) is 0 Å². The summed E-state index contributed by atoms with van der Waals surface area (Å²) in [6.07, 6.45) is 1.96. The Balaban J connectivity index is 2.38. The molecule has 0 amide bonds. The maximum absolute atomic E-state index is 8.70. The summed E-state index contributed by atoms with van der Waals surface area (Å²) in [7, 11) is 0. The molecule has 3 nitrogen and oxygen atoms in total. The zero-order valence-electron chi connectivity index (χ0n) is 11.3. The summed E-state index contributed by atoms with van der Waals surface area (Å²) in [5, 5.41) is 11.8. The molecule has 3 N–H and O–H groups in total. The number of amidine groups is 1. The predicted octanol–water partition coefficient (Wildman–Crippen LogP) is 3.64. The van der Waals surface area contributed by atoms with Gasteiger partial charge in [-0.05, 0) is 37.1 Å². The van der Waals surface area contributed by atoms with Crippen LogP contribution in [-0.2, 0) is 0 Å². The average molecular weight is 266 g/mol. The molecule has 1 rings (SSSR count). The first-order valence-corrected chi connectivity index (χ1v) is 7.12. The first kappa shape index (κ1) is 14.9. The molecule has 0 saturated heterocycles. The fourth-order valence-corrected chi connectivity index (χ4v) is 2.66. The van der Waals surface area contributed by atoms with Crippen LogP contribution in [0.1, 0.15) is 32.3 Å². The second kappa shape index (κ2) is 6.69. The number of aryl methyl sites for hydroxylation is 1. The molecule has 0 spiro atoms. The van der Waals surface area contributed by atoms with Gasteiger partial charge in [-0.1, -0.05) is 37.2 Å². The minimum Gasteiger partial charge on any atom is -0.409 e. The molecule has 1 aromatic rings. The molecule has 0 radical (unpaired) electrons. The van der Waals surface area contributed by atoms with Crippen LogP contribution < -0.4 is 5.73 Å². The first-order valence-electron chi connectivity index (χ1n) is 6.14. The van der Waals surface area contributed by atoms with E-state index in [0.717, 1.165) is 18.6 Å². The van der Waals surface area contributed by atoms with Crippen molar-refractivity contribution < 1.29 is 5.21 Å². The Morgan fingerprint density at radius 3 is 2.67 bits per heavy atom. The van der Waals surface area contributed by atoms with E-state index in [1.807, 2.05) is 25.6 Å². The van der Waals surface area contributed by atoms with Gasteiger partial charge in [-0.3, -0.25) is 0 Å². The minimum atomic E-state index is -0.235. The van der Waals surface area contributed by atoms with Crippen LogP contribution in [0.15, 0.2) is 34.3 Å². The second-order valence-corrected chi connectivity index (χ2v) is 6.22. The van der Waals surface area contributed by atoms with Crippen LogP contribution in [0.3, 0.4) is 0 Å². The van der Waals surface area contributed by atoms with E-state index in [4.69, 9.17) is 10.9 Å². The van der Waals surface area contributed by atoms with Gasteiger partial charge in [-0.25, -0.2) is 0 Å². The summed E-state index contributed by atoms with van der Waals surface area (Å²) in [5.74, 6) is 1.36. The van der Waals surface area contributed by atoms with Gasteiger partial charge in [0.1, 0.15) is 5.84 Å². The third-order valence-corrected chi connectivity index (χ3v) is 4.36. The zero-order valence-corrected chi connectivity index (χ0v) is 12.1. The highest BCUT2D eigenvalue weighted by molar-refractivity contribution is 7.99. The number of thioether (sulfide) groups is 1. The maximum Gasteiger partial charge on any atom is 0.144 e. The fourth-order valence-electron chi connectivity index (χ4n) is 1.68. The number of hydrogen-bond acceptors (Lipinski definition) is 3. The van der Waals surface area contributed by atoms with Gasteiger partial charge < -0.3 is 10.9 Å². The molecular formula is C14H22N2OS. The van der Waals surface area contributed by atoms with Crippen molar-refractivity contribution in [2.75, 3.05) is 5.75 Å². The van der Waals surface area contributed by atoms with E-state index in [0.29, 0.717) is 5.84 Å². The van der Waals surface area contributed by atoms with Gasteiger partial charge in [0.15, 0.2) is 0 Å². The highest BCUT2D eigenvalue weighted by Crippen LogP contribution is 2.27. The van der Waals surface area contributed by atoms with Crippen LogP contribution in [0.2, 0.25) is 0 Å². The largest absolute Gasteiger partial charge is 0.409 e. The molecule has 0 aliphatic heterocycles. The van der Waals surface area contributed by atoms with Crippen molar-refractivity contribution in [1.29, 1.82) is 0 Å². The Morgan fingerprint density at radius 1 is 1.39 bits per heavy atom. The van der Waals surface area contributed by atoms with E-state index >= 15 is 0 Å². The van der Waals surface area contributed by atoms with Gasteiger partial charge in [0.05, 0.1) is 0 Å². The topological polar surface area (TPSA) is 58.6 Å². The van der Waals surface area contributed by atoms with Crippen LogP contribution >= 0.6 is 11.8 Å². The highest BCUT2D eigenvalue weighted by atomic mass is 32.2. The van der Waals surface area contributed by atoms with Crippen molar-refractivity contribution in [3.63, 3.8) is 0 Å². The zero-order chi connectivity index (χ0) is 13.6. The number of rotatable bonds is 6. The van der Waals surface area contributed by atoms with Crippen LogP contribution in [-0.4, -0.2) is 16.8 Å². The molecule has 0 atom stereocenters. The van der Waals surface area contributed by atoms with Gasteiger partial charge >= 0.3 is 0 Å². The van der Waals surface area contributed by atoms with E-state index in [1.165, 1.54) is 10.5 Å². The quantitative estimate of drug-likeness (QED) is 0.206. The molecule has 1 aromatic carbocycles. The summed E-state index contributed by atoms with van der Waals surface area (Å²) in [6.45, 7) is 6.13. The van der Waals surface area contributed by atoms with Gasteiger partial charge in [0.25, 0.3) is 0 Å². The SMILES string of the molecule is Cc1ccccc1SCCCC(C)(C)C(N)=NO. The van der Waals surface area contributed by atoms with E-state index in [2.05, 4.69) is 36.3 Å². The van der Waals surface area contributed by atoms with E-state index in [-0.39, 0.29) is 5.41 Å². The van der Waals surface area contributed by atoms with Crippen LogP contribution in [0, 0.1) is 12.3 Å². The van der Waals surface area contributed by atoms with Crippen molar-refractivity contribution in [3.8, 4) is 0 Å². The lowest BCUT2D eigenvalue weighted by Gasteiger charge is -2.22. The molecule has 0 heterocycles. The molecule has 0 aliphatic rings. The van der Waals surface area contributed by atoms with Gasteiger partial charge in [0.2, 0.25) is 0 Å². The Hall–Kier alpha value is -1.16. The highest BCUT2D eigenvalue weighted by Gasteiger charge is 2.22. The van der Waals surface area contributed by atoms with Crippen LogP contribution in [0.25, 0.3) is 0 Å². The number of benzene rings is 1. The molecule has 0 aromatic heterocycles. The summed E-state index contributed by atoms with van der Waals surface area (Å²) >= 11 is 1.86. The third kappa shape index (κ3) is 4.26. The van der Waals surface area contributed by atoms with Crippen LogP contribution in [0.5, 0.6) is 0 Å². The number of oxime groups is 1. The van der Waals surface area contributed by atoms with Crippen molar-refractivity contribution in [2.45, 2.75) is 38.5 Å². The summed E-state index contributed by atoms with van der Waals surface area (Å²) < 4.78 is 0. The van der Waals surface area contributed by atoms with Crippen molar-refractivity contribution >= 4 is 17.6 Å². The standard InChI is InChI=1S/C14H22N2OS/c1-11-7-4-5-8-12(11)18-10-6-9-14(2,3)13(15)16-17/h4-5,7-8,17H,6,9-10H2,1-3H3,(H2,15,16). The lowest BCUT2D eigenvalue weighted by Crippen LogP contribution is -2.31. The average Bonchev–Trinajstić information content (AvgIpc) is 2.35. The minimum absolute atomic E-state index is 0.235. The third-order valence-electron chi connectivity index (χ3n) is 3.10. The van der Waals surface area contributed by atoms with Crippen molar-refractivity contribution in [2.24, 2.45) is 16.3 Å². The molecular weight excluding hydrogens is 244 g/mol.